The molecule has 4 heteroatoms. The Hall–Kier alpha value is 0.0700. The van der Waals surface area contributed by atoms with Crippen molar-refractivity contribution in [2.75, 3.05) is 0 Å². The number of allylic oxidation sites excluding steroid dienone is 1. The predicted octanol–water partition coefficient (Wildman–Crippen LogP) is 4.51. The van der Waals surface area contributed by atoms with Gasteiger partial charge in [0.2, 0.25) is 0 Å². The molecule has 1 aromatic rings. The molecule has 0 spiro atoms. The normalized spacial score (nSPS) is 12.2. The molecule has 0 aromatic carbocycles. The zero-order chi connectivity index (χ0) is 10.7. The first-order valence-corrected chi connectivity index (χ1v) is 6.56. The summed E-state index contributed by atoms with van der Waals surface area (Å²) in [5.74, 6) is 0.271. The maximum absolute atomic E-state index is 10.8. The summed E-state index contributed by atoms with van der Waals surface area (Å²) in [6.45, 7) is 4.02. The SMILES string of the molecule is CC(C)C(C=O)=Cc1cc(Br)c(Br)s1. The minimum atomic E-state index is 0.271. The molecule has 0 radical (unpaired) electrons. The van der Waals surface area contributed by atoms with E-state index in [9.17, 15) is 4.79 Å². The summed E-state index contributed by atoms with van der Waals surface area (Å²) < 4.78 is 2.08. The molecule has 0 N–H and O–H groups in total. The molecule has 0 saturated heterocycles. The Labute approximate surface area is 104 Å². The molecule has 0 fully saturated rings. The van der Waals surface area contributed by atoms with Gasteiger partial charge in [0.05, 0.1) is 3.79 Å². The fraction of sp³-hybridized carbons (Fsp3) is 0.300. The summed E-state index contributed by atoms with van der Waals surface area (Å²) in [5.41, 5.74) is 0.825. The molecule has 0 saturated carbocycles. The molecule has 0 unspecified atom stereocenters. The zero-order valence-electron chi connectivity index (χ0n) is 7.88. The second-order valence-electron chi connectivity index (χ2n) is 3.19. The molecule has 0 aliphatic rings. The van der Waals surface area contributed by atoms with Crippen LogP contribution in [-0.2, 0) is 4.79 Å². The Morgan fingerprint density at radius 2 is 2.14 bits per heavy atom. The third-order valence-corrected chi connectivity index (χ3v) is 4.98. The molecule has 1 heterocycles. The summed E-state index contributed by atoms with van der Waals surface area (Å²) in [5, 5.41) is 0. The van der Waals surface area contributed by atoms with Crippen LogP contribution in [0.15, 0.2) is 19.9 Å². The van der Waals surface area contributed by atoms with Crippen LogP contribution in [0.5, 0.6) is 0 Å². The molecule has 0 atom stereocenters. The van der Waals surface area contributed by atoms with Crippen LogP contribution in [0.3, 0.4) is 0 Å². The van der Waals surface area contributed by atoms with E-state index in [2.05, 4.69) is 31.9 Å². The van der Waals surface area contributed by atoms with Gasteiger partial charge in [-0.3, -0.25) is 4.79 Å². The number of hydrogen-bond acceptors (Lipinski definition) is 2. The fourth-order valence-corrected chi connectivity index (χ4v) is 2.99. The van der Waals surface area contributed by atoms with E-state index in [0.717, 1.165) is 25.0 Å². The standard InChI is InChI=1S/C10H10Br2OS/c1-6(2)7(5-13)3-8-4-9(11)10(12)14-8/h3-6H,1-2H3. The van der Waals surface area contributed by atoms with Crippen LogP contribution in [0, 0.1) is 5.92 Å². The van der Waals surface area contributed by atoms with Gasteiger partial charge in [-0.15, -0.1) is 11.3 Å². The van der Waals surface area contributed by atoms with Crippen molar-refractivity contribution in [1.29, 1.82) is 0 Å². The monoisotopic (exact) mass is 336 g/mol. The maximum Gasteiger partial charge on any atom is 0.146 e. The number of hydrogen-bond donors (Lipinski definition) is 0. The van der Waals surface area contributed by atoms with Gasteiger partial charge in [-0.2, -0.15) is 0 Å². The van der Waals surface area contributed by atoms with E-state index in [1.165, 1.54) is 0 Å². The number of carbonyl (C=O) groups excluding carboxylic acids is 1. The van der Waals surface area contributed by atoms with Gasteiger partial charge in [-0.1, -0.05) is 13.8 Å². The zero-order valence-corrected chi connectivity index (χ0v) is 11.9. The van der Waals surface area contributed by atoms with E-state index < -0.39 is 0 Å². The van der Waals surface area contributed by atoms with Gasteiger partial charge >= 0.3 is 0 Å². The van der Waals surface area contributed by atoms with Crippen molar-refractivity contribution in [2.45, 2.75) is 13.8 Å². The number of rotatable bonds is 3. The molecule has 1 rings (SSSR count). The number of thiophene rings is 1. The highest BCUT2D eigenvalue weighted by molar-refractivity contribution is 9.13. The lowest BCUT2D eigenvalue weighted by molar-refractivity contribution is -0.105. The molecule has 76 valence electrons. The van der Waals surface area contributed by atoms with E-state index in [0.29, 0.717) is 0 Å². The molecular weight excluding hydrogens is 328 g/mol. The van der Waals surface area contributed by atoms with Gasteiger partial charge < -0.3 is 0 Å². The van der Waals surface area contributed by atoms with Gasteiger partial charge in [0.15, 0.2) is 0 Å². The highest BCUT2D eigenvalue weighted by Gasteiger charge is 2.05. The first-order chi connectivity index (χ1) is 6.54. The van der Waals surface area contributed by atoms with Crippen LogP contribution in [0.1, 0.15) is 18.7 Å². The Morgan fingerprint density at radius 1 is 1.50 bits per heavy atom. The van der Waals surface area contributed by atoms with Crippen molar-refractivity contribution in [2.24, 2.45) is 5.92 Å². The first-order valence-electron chi connectivity index (χ1n) is 4.16. The average Bonchev–Trinajstić information content (AvgIpc) is 2.41. The van der Waals surface area contributed by atoms with Gasteiger partial charge in [0, 0.05) is 9.35 Å². The van der Waals surface area contributed by atoms with E-state index in [4.69, 9.17) is 0 Å². The van der Waals surface area contributed by atoms with Gasteiger partial charge in [0.25, 0.3) is 0 Å². The van der Waals surface area contributed by atoms with Crippen molar-refractivity contribution in [3.63, 3.8) is 0 Å². The largest absolute Gasteiger partial charge is 0.298 e. The minimum Gasteiger partial charge on any atom is -0.298 e. The maximum atomic E-state index is 10.8. The smallest absolute Gasteiger partial charge is 0.146 e. The number of aldehydes is 1. The van der Waals surface area contributed by atoms with Gasteiger partial charge in [0.1, 0.15) is 6.29 Å². The van der Waals surface area contributed by atoms with Crippen LogP contribution < -0.4 is 0 Å². The highest BCUT2D eigenvalue weighted by atomic mass is 79.9. The molecule has 0 aliphatic carbocycles. The Balaban J connectivity index is 3.00. The van der Waals surface area contributed by atoms with E-state index in [1.54, 1.807) is 11.3 Å². The Morgan fingerprint density at radius 3 is 2.50 bits per heavy atom. The predicted molar refractivity (Wildman–Crippen MR) is 68.6 cm³/mol. The highest BCUT2D eigenvalue weighted by Crippen LogP contribution is 2.33. The van der Waals surface area contributed by atoms with Crippen molar-refractivity contribution >= 4 is 55.6 Å². The fourth-order valence-electron chi connectivity index (χ4n) is 0.935. The number of halogens is 2. The van der Waals surface area contributed by atoms with E-state index >= 15 is 0 Å². The average molecular weight is 338 g/mol. The third-order valence-electron chi connectivity index (χ3n) is 1.78. The molecule has 0 amide bonds. The lowest BCUT2D eigenvalue weighted by Gasteiger charge is -2.01. The Bertz CT molecular complexity index is 347. The van der Waals surface area contributed by atoms with Crippen LogP contribution in [0.25, 0.3) is 6.08 Å². The van der Waals surface area contributed by atoms with Crippen molar-refractivity contribution in [1.82, 2.24) is 0 Å². The van der Waals surface area contributed by atoms with Crippen molar-refractivity contribution in [3.05, 3.63) is 24.8 Å². The van der Waals surface area contributed by atoms with Gasteiger partial charge in [-0.05, 0) is 55.5 Å². The lowest BCUT2D eigenvalue weighted by atomic mass is 10.0. The topological polar surface area (TPSA) is 17.1 Å². The summed E-state index contributed by atoms with van der Waals surface area (Å²) in [6, 6.07) is 2.00. The molecule has 1 aromatic heterocycles. The summed E-state index contributed by atoms with van der Waals surface area (Å²) in [6.07, 6.45) is 2.85. The van der Waals surface area contributed by atoms with Crippen LogP contribution in [0.2, 0.25) is 0 Å². The molecule has 14 heavy (non-hydrogen) atoms. The molecule has 1 nitrogen and oxygen atoms in total. The minimum absolute atomic E-state index is 0.271. The summed E-state index contributed by atoms with van der Waals surface area (Å²) in [7, 11) is 0. The molecule has 0 bridgehead atoms. The van der Waals surface area contributed by atoms with E-state index in [1.807, 2.05) is 26.0 Å². The lowest BCUT2D eigenvalue weighted by Crippen LogP contribution is -1.93. The van der Waals surface area contributed by atoms with Crippen LogP contribution >= 0.6 is 43.2 Å². The second-order valence-corrected chi connectivity index (χ2v) is 6.44. The van der Waals surface area contributed by atoms with Crippen LogP contribution in [0.4, 0.5) is 0 Å². The van der Waals surface area contributed by atoms with Crippen LogP contribution in [-0.4, -0.2) is 6.29 Å². The van der Waals surface area contributed by atoms with E-state index in [-0.39, 0.29) is 5.92 Å². The molecular formula is C10H10Br2OS. The number of carbonyl (C=O) groups is 1. The third kappa shape index (κ3) is 3.04. The Kier molecular flexibility index (Phi) is 4.54. The quantitative estimate of drug-likeness (QED) is 0.585. The summed E-state index contributed by atoms with van der Waals surface area (Å²) >= 11 is 8.44. The van der Waals surface area contributed by atoms with Crippen molar-refractivity contribution < 1.29 is 4.79 Å². The second kappa shape index (κ2) is 5.24. The van der Waals surface area contributed by atoms with Gasteiger partial charge in [-0.25, -0.2) is 0 Å². The summed E-state index contributed by atoms with van der Waals surface area (Å²) in [4.78, 5) is 11.8. The molecule has 0 aliphatic heterocycles. The first kappa shape index (κ1) is 12.1. The van der Waals surface area contributed by atoms with Crippen molar-refractivity contribution in [3.8, 4) is 0 Å².